The van der Waals surface area contributed by atoms with Crippen molar-refractivity contribution in [2.45, 2.75) is 78.4 Å². The van der Waals surface area contributed by atoms with Gasteiger partial charge < -0.3 is 10.2 Å². The standard InChI is InChI=1S/C16H12N.C15H28O2.Ir/c1-12-6-5-9-16-14(12)10-11-15(17-16)13-7-3-2-4-8-13;1-4-10-7-8-11-6-5-9-15(2,3)14(17)12(11)13(10)16;/h2-7,9-11H,1H3;10-14,16-17H,4-9H2,1-3H3;/q-1;;/t;10-,11?,12?,13?,14?;/m.1./s1. The van der Waals surface area contributed by atoms with Crippen LogP contribution in [-0.4, -0.2) is 27.4 Å². The molecule has 1 radical (unpaired) electrons. The van der Waals surface area contributed by atoms with Crippen LogP contribution < -0.4 is 0 Å². The normalized spacial score (nSPS) is 27.5. The van der Waals surface area contributed by atoms with E-state index < -0.39 is 0 Å². The number of fused-ring (bicyclic) bond motifs is 2. The molecule has 191 valence electrons. The van der Waals surface area contributed by atoms with Crippen molar-refractivity contribution in [3.05, 3.63) is 66.2 Å². The summed E-state index contributed by atoms with van der Waals surface area (Å²) in [6, 6.07) is 21.5. The third-order valence-electron chi connectivity index (χ3n) is 8.35. The zero-order valence-corrected chi connectivity index (χ0v) is 23.9. The van der Waals surface area contributed by atoms with E-state index in [0.29, 0.717) is 11.8 Å². The molecule has 0 aliphatic heterocycles. The zero-order chi connectivity index (χ0) is 24.3. The van der Waals surface area contributed by atoms with E-state index in [9.17, 15) is 10.2 Å². The average molecular weight is 651 g/mol. The SMILES string of the molecule is CC[C@@H]1CCC2CCCC(C)(C)C(O)C2C1O.Cc1cccc2nc(-c3[c-]cccc3)ccc12.[Ir]. The molecule has 4 heteroatoms. The Labute approximate surface area is 224 Å². The molecule has 2 aliphatic rings. The summed E-state index contributed by atoms with van der Waals surface area (Å²) in [5.74, 6) is 1.07. The second-order valence-corrected chi connectivity index (χ2v) is 11.0. The van der Waals surface area contributed by atoms with Gasteiger partial charge in [0.15, 0.2) is 0 Å². The van der Waals surface area contributed by atoms with Crippen molar-refractivity contribution in [2.75, 3.05) is 0 Å². The Morgan fingerprint density at radius 3 is 2.51 bits per heavy atom. The van der Waals surface area contributed by atoms with Gasteiger partial charge in [-0.1, -0.05) is 57.9 Å². The van der Waals surface area contributed by atoms with Crippen molar-refractivity contribution in [2.24, 2.45) is 23.2 Å². The van der Waals surface area contributed by atoms with Gasteiger partial charge >= 0.3 is 0 Å². The number of hydrogen-bond donors (Lipinski definition) is 2. The summed E-state index contributed by atoms with van der Waals surface area (Å²) < 4.78 is 0. The molecule has 2 fully saturated rings. The van der Waals surface area contributed by atoms with Gasteiger partial charge in [0.2, 0.25) is 0 Å². The minimum absolute atomic E-state index is 0. The molecule has 0 saturated heterocycles. The van der Waals surface area contributed by atoms with Crippen LogP contribution >= 0.6 is 0 Å². The van der Waals surface area contributed by atoms with Crippen LogP contribution in [0.15, 0.2) is 54.6 Å². The van der Waals surface area contributed by atoms with Crippen LogP contribution in [0.2, 0.25) is 0 Å². The first-order chi connectivity index (χ1) is 16.3. The molecule has 1 aromatic heterocycles. The molecule has 2 N–H and O–H groups in total. The second kappa shape index (κ2) is 12.1. The molecule has 2 saturated carbocycles. The Morgan fingerprint density at radius 2 is 1.80 bits per heavy atom. The molecule has 0 spiro atoms. The van der Waals surface area contributed by atoms with Gasteiger partial charge in [0.25, 0.3) is 0 Å². The fourth-order valence-corrected chi connectivity index (χ4v) is 6.11. The molecule has 2 aliphatic carbocycles. The smallest absolute Gasteiger partial charge is 0.0646 e. The molecule has 4 unspecified atom stereocenters. The molecular formula is C31H40IrNO2-. The predicted octanol–water partition coefficient (Wildman–Crippen LogP) is 6.98. The molecule has 35 heavy (non-hydrogen) atoms. The third-order valence-corrected chi connectivity index (χ3v) is 8.35. The van der Waals surface area contributed by atoms with E-state index in [1.165, 1.54) is 30.2 Å². The van der Waals surface area contributed by atoms with Gasteiger partial charge in [-0.2, -0.15) is 0 Å². The maximum absolute atomic E-state index is 10.6. The van der Waals surface area contributed by atoms with Crippen molar-refractivity contribution in [1.82, 2.24) is 4.98 Å². The summed E-state index contributed by atoms with van der Waals surface area (Å²) >= 11 is 0. The number of rotatable bonds is 2. The molecule has 2 aromatic carbocycles. The Morgan fingerprint density at radius 1 is 1.00 bits per heavy atom. The Balaban J connectivity index is 0.000000190. The number of nitrogens with zero attached hydrogens (tertiary/aromatic N) is 1. The quantitative estimate of drug-likeness (QED) is 0.295. The van der Waals surface area contributed by atoms with E-state index in [-0.39, 0.29) is 43.6 Å². The molecule has 0 amide bonds. The minimum atomic E-state index is -0.334. The van der Waals surface area contributed by atoms with Crippen molar-refractivity contribution in [3.8, 4) is 11.3 Å². The number of pyridine rings is 1. The van der Waals surface area contributed by atoms with Crippen LogP contribution in [0.3, 0.4) is 0 Å². The number of aryl methyl sites for hydroxylation is 1. The fourth-order valence-electron chi connectivity index (χ4n) is 6.11. The molecule has 3 nitrogen and oxygen atoms in total. The van der Waals surface area contributed by atoms with Crippen LogP contribution in [0.5, 0.6) is 0 Å². The molecular weight excluding hydrogens is 611 g/mol. The van der Waals surface area contributed by atoms with Crippen molar-refractivity contribution >= 4 is 10.9 Å². The zero-order valence-electron chi connectivity index (χ0n) is 21.5. The maximum atomic E-state index is 10.6. The van der Waals surface area contributed by atoms with Crippen molar-refractivity contribution in [3.63, 3.8) is 0 Å². The van der Waals surface area contributed by atoms with E-state index in [2.05, 4.69) is 63.0 Å². The number of benzene rings is 2. The third kappa shape index (κ3) is 6.23. The number of aliphatic hydroxyl groups excluding tert-OH is 2. The first-order valence-electron chi connectivity index (χ1n) is 13.0. The largest absolute Gasteiger partial charge is 0.392 e. The van der Waals surface area contributed by atoms with Gasteiger partial charge in [0.05, 0.1) is 17.7 Å². The summed E-state index contributed by atoms with van der Waals surface area (Å²) in [6.45, 7) is 8.57. The Kier molecular flexibility index (Phi) is 9.68. The van der Waals surface area contributed by atoms with Gasteiger partial charge in [0, 0.05) is 31.4 Å². The summed E-state index contributed by atoms with van der Waals surface area (Å²) in [7, 11) is 0. The van der Waals surface area contributed by atoms with Crippen LogP contribution in [0.1, 0.15) is 64.9 Å². The summed E-state index contributed by atoms with van der Waals surface area (Å²) in [5.41, 5.74) is 4.29. The topological polar surface area (TPSA) is 53.4 Å². The van der Waals surface area contributed by atoms with Gasteiger partial charge in [-0.15, -0.1) is 35.9 Å². The molecule has 5 atom stereocenters. The fraction of sp³-hybridized carbons (Fsp3) is 0.516. The Hall–Kier alpha value is -1.58. The first kappa shape index (κ1) is 28.0. The molecule has 5 rings (SSSR count). The summed E-state index contributed by atoms with van der Waals surface area (Å²) in [6.07, 6.45) is 6.25. The van der Waals surface area contributed by atoms with Gasteiger partial charge in [-0.05, 0) is 67.2 Å². The van der Waals surface area contributed by atoms with Crippen LogP contribution in [0, 0.1) is 36.2 Å². The molecule has 0 bridgehead atoms. The number of aromatic nitrogens is 1. The summed E-state index contributed by atoms with van der Waals surface area (Å²) in [5, 5.41) is 22.4. The van der Waals surface area contributed by atoms with Gasteiger partial charge in [-0.3, -0.25) is 4.98 Å². The second-order valence-electron chi connectivity index (χ2n) is 11.0. The predicted molar refractivity (Wildman–Crippen MR) is 140 cm³/mol. The van der Waals surface area contributed by atoms with Gasteiger partial charge in [-0.25, -0.2) is 0 Å². The molecule has 3 aromatic rings. The van der Waals surface area contributed by atoms with Crippen LogP contribution in [0.4, 0.5) is 0 Å². The van der Waals surface area contributed by atoms with Crippen LogP contribution in [-0.2, 0) is 20.1 Å². The van der Waals surface area contributed by atoms with E-state index in [0.717, 1.165) is 36.0 Å². The number of aliphatic hydroxyl groups is 2. The maximum Gasteiger partial charge on any atom is 0.0646 e. The van der Waals surface area contributed by atoms with E-state index in [1.54, 1.807) is 0 Å². The van der Waals surface area contributed by atoms with E-state index in [1.807, 2.05) is 30.3 Å². The Bertz CT molecular complexity index is 1080. The number of hydrogen-bond acceptors (Lipinski definition) is 3. The molecule has 1 heterocycles. The monoisotopic (exact) mass is 651 g/mol. The summed E-state index contributed by atoms with van der Waals surface area (Å²) in [4.78, 5) is 4.68. The van der Waals surface area contributed by atoms with Crippen LogP contribution in [0.25, 0.3) is 22.2 Å². The average Bonchev–Trinajstić information content (AvgIpc) is 2.96. The first-order valence-corrected chi connectivity index (χ1v) is 13.0. The van der Waals surface area contributed by atoms with E-state index >= 15 is 0 Å². The van der Waals surface area contributed by atoms with Crippen molar-refractivity contribution in [1.29, 1.82) is 0 Å². The minimum Gasteiger partial charge on any atom is -0.392 e. The van der Waals surface area contributed by atoms with E-state index in [4.69, 9.17) is 0 Å². The van der Waals surface area contributed by atoms with Gasteiger partial charge in [0.1, 0.15) is 0 Å². The van der Waals surface area contributed by atoms with Crippen molar-refractivity contribution < 1.29 is 30.3 Å².